The molecule has 0 spiro atoms. The lowest BCUT2D eigenvalue weighted by atomic mass is 9.82. The van der Waals surface area contributed by atoms with E-state index in [0.717, 1.165) is 48.1 Å². The van der Waals surface area contributed by atoms with E-state index in [0.29, 0.717) is 17.0 Å². The third kappa shape index (κ3) is 4.32. The molecule has 4 nitrogen and oxygen atoms in total. The van der Waals surface area contributed by atoms with Gasteiger partial charge in [0.1, 0.15) is 23.4 Å². The first-order chi connectivity index (χ1) is 15.9. The number of fused-ring (bicyclic) bond motifs is 1. The Morgan fingerprint density at radius 3 is 2.48 bits per heavy atom. The van der Waals surface area contributed by atoms with Gasteiger partial charge in [-0.2, -0.15) is 0 Å². The number of hydrogen-bond donors (Lipinski definition) is 2. The van der Waals surface area contributed by atoms with Crippen molar-refractivity contribution in [3.05, 3.63) is 83.2 Å². The van der Waals surface area contributed by atoms with Crippen LogP contribution < -0.4 is 4.74 Å². The molecule has 1 unspecified atom stereocenters. The van der Waals surface area contributed by atoms with Crippen molar-refractivity contribution < 1.29 is 24.1 Å². The molecule has 1 aliphatic heterocycles. The average Bonchev–Trinajstić information content (AvgIpc) is 3.65. The zero-order valence-electron chi connectivity index (χ0n) is 18.5. The number of aromatic hydroxyl groups is 1. The average molecular weight is 447 g/mol. The molecular formula is C28H27FO4. The van der Waals surface area contributed by atoms with Crippen LogP contribution in [0, 0.1) is 17.7 Å². The molecule has 3 aromatic rings. The molecule has 0 aromatic heterocycles. The highest BCUT2D eigenvalue weighted by Crippen LogP contribution is 2.48. The summed E-state index contributed by atoms with van der Waals surface area (Å²) in [5, 5.41) is 19.3. The maximum absolute atomic E-state index is 14.2. The number of benzene rings is 3. The fourth-order valence-corrected chi connectivity index (χ4v) is 5.02. The zero-order valence-corrected chi connectivity index (χ0v) is 18.5. The Kier molecular flexibility index (Phi) is 5.57. The first-order valence-electron chi connectivity index (χ1n) is 11.5. The number of aliphatic carboxylic acids is 1. The van der Waals surface area contributed by atoms with Crippen molar-refractivity contribution in [1.29, 1.82) is 0 Å². The smallest absolute Gasteiger partial charge is 0.306 e. The van der Waals surface area contributed by atoms with E-state index in [4.69, 9.17) is 4.74 Å². The maximum Gasteiger partial charge on any atom is 0.306 e. The highest BCUT2D eigenvalue weighted by molar-refractivity contribution is 5.71. The molecule has 0 radical (unpaired) electrons. The van der Waals surface area contributed by atoms with Crippen molar-refractivity contribution in [1.82, 2.24) is 0 Å². The first kappa shape index (κ1) is 21.5. The quantitative estimate of drug-likeness (QED) is 0.455. The van der Waals surface area contributed by atoms with Crippen LogP contribution in [0.2, 0.25) is 0 Å². The fraction of sp³-hybridized carbons (Fsp3) is 0.321. The Bertz CT molecular complexity index is 1180. The van der Waals surface area contributed by atoms with Gasteiger partial charge in [0.2, 0.25) is 0 Å². The molecular weight excluding hydrogens is 419 g/mol. The van der Waals surface area contributed by atoms with Gasteiger partial charge < -0.3 is 14.9 Å². The van der Waals surface area contributed by atoms with Gasteiger partial charge in [0.15, 0.2) is 0 Å². The van der Waals surface area contributed by atoms with Gasteiger partial charge in [-0.25, -0.2) is 4.39 Å². The Morgan fingerprint density at radius 2 is 1.79 bits per heavy atom. The Morgan fingerprint density at radius 1 is 1.03 bits per heavy atom. The number of carbonyl (C=O) groups is 1. The minimum Gasteiger partial charge on any atom is -0.508 e. The van der Waals surface area contributed by atoms with Crippen LogP contribution in [-0.4, -0.2) is 16.2 Å². The summed E-state index contributed by atoms with van der Waals surface area (Å²) >= 11 is 0. The second-order valence-electron chi connectivity index (χ2n) is 9.29. The van der Waals surface area contributed by atoms with Gasteiger partial charge in [0, 0.05) is 5.56 Å². The van der Waals surface area contributed by atoms with E-state index >= 15 is 0 Å². The predicted octanol–water partition coefficient (Wildman–Crippen LogP) is 6.48. The third-order valence-electron chi connectivity index (χ3n) is 7.02. The molecule has 33 heavy (non-hydrogen) atoms. The van der Waals surface area contributed by atoms with Crippen molar-refractivity contribution in [3.8, 4) is 22.6 Å². The Labute approximate surface area is 192 Å². The van der Waals surface area contributed by atoms with Gasteiger partial charge in [-0.05, 0) is 84.0 Å². The molecule has 3 aromatic carbocycles. The van der Waals surface area contributed by atoms with Gasteiger partial charge in [-0.1, -0.05) is 43.3 Å². The number of halogens is 1. The number of phenolic OH excluding ortho intramolecular Hbond substituents is 1. The standard InChI is InChI=1S/C28H27FO4/c1-16(28(31)32)27(20-7-8-20)21-9-6-19-10-13-25(33-26(19)14-21)18-4-2-17(3-5-18)23-15-22(30)11-12-24(23)29/h2-6,9,11-12,14-16,20,25,27,30H,7-8,10,13H2,1H3,(H,31,32)/t16-,25?,27-/m0/s1. The maximum atomic E-state index is 14.2. The molecule has 5 heteroatoms. The number of ether oxygens (including phenoxy) is 1. The third-order valence-corrected chi connectivity index (χ3v) is 7.02. The molecule has 0 bridgehead atoms. The predicted molar refractivity (Wildman–Crippen MR) is 124 cm³/mol. The summed E-state index contributed by atoms with van der Waals surface area (Å²) in [5.41, 5.74) is 4.25. The van der Waals surface area contributed by atoms with Crippen molar-refractivity contribution >= 4 is 5.97 Å². The first-order valence-corrected chi connectivity index (χ1v) is 11.5. The lowest BCUT2D eigenvalue weighted by Crippen LogP contribution is -2.21. The Hall–Kier alpha value is -3.34. The Balaban J connectivity index is 1.38. The number of carboxylic acid groups (broad SMARTS) is 1. The summed E-state index contributed by atoms with van der Waals surface area (Å²) in [6.07, 6.45) is 3.76. The van der Waals surface area contributed by atoms with Crippen molar-refractivity contribution in [2.75, 3.05) is 0 Å². The van der Waals surface area contributed by atoms with E-state index in [-0.39, 0.29) is 23.6 Å². The van der Waals surface area contributed by atoms with Gasteiger partial charge in [0.25, 0.3) is 0 Å². The van der Waals surface area contributed by atoms with Crippen LogP contribution in [0.3, 0.4) is 0 Å². The monoisotopic (exact) mass is 446 g/mol. The summed E-state index contributed by atoms with van der Waals surface area (Å²) in [6, 6.07) is 17.8. The topological polar surface area (TPSA) is 66.8 Å². The van der Waals surface area contributed by atoms with Crippen LogP contribution in [0.5, 0.6) is 11.5 Å². The molecule has 2 aliphatic rings. The second-order valence-corrected chi connectivity index (χ2v) is 9.29. The molecule has 2 N–H and O–H groups in total. The molecule has 3 atom stereocenters. The number of phenols is 1. The molecule has 5 rings (SSSR count). The molecule has 1 aliphatic carbocycles. The molecule has 0 amide bonds. The van der Waals surface area contributed by atoms with E-state index in [9.17, 15) is 19.4 Å². The number of aryl methyl sites for hydroxylation is 1. The fourth-order valence-electron chi connectivity index (χ4n) is 5.02. The van der Waals surface area contributed by atoms with E-state index in [1.54, 1.807) is 6.92 Å². The highest BCUT2D eigenvalue weighted by atomic mass is 19.1. The highest BCUT2D eigenvalue weighted by Gasteiger charge is 2.39. The second kappa shape index (κ2) is 8.54. The molecule has 0 saturated heterocycles. The van der Waals surface area contributed by atoms with Crippen LogP contribution >= 0.6 is 0 Å². The molecule has 1 heterocycles. The van der Waals surface area contributed by atoms with E-state index in [1.165, 1.54) is 18.2 Å². The van der Waals surface area contributed by atoms with Crippen LogP contribution in [0.1, 0.15) is 54.9 Å². The summed E-state index contributed by atoms with van der Waals surface area (Å²) in [5.74, 6) is -0.272. The van der Waals surface area contributed by atoms with Crippen LogP contribution in [0.25, 0.3) is 11.1 Å². The summed E-state index contributed by atoms with van der Waals surface area (Å²) in [7, 11) is 0. The lowest BCUT2D eigenvalue weighted by Gasteiger charge is -2.29. The summed E-state index contributed by atoms with van der Waals surface area (Å²) < 4.78 is 20.6. The zero-order chi connectivity index (χ0) is 23.1. The van der Waals surface area contributed by atoms with Crippen LogP contribution in [0.15, 0.2) is 60.7 Å². The van der Waals surface area contributed by atoms with E-state index < -0.39 is 11.9 Å². The normalized spacial score (nSPS) is 19.3. The van der Waals surface area contributed by atoms with Crippen molar-refractivity contribution in [3.63, 3.8) is 0 Å². The number of rotatable bonds is 6. The van der Waals surface area contributed by atoms with Gasteiger partial charge in [-0.15, -0.1) is 0 Å². The van der Waals surface area contributed by atoms with Crippen molar-refractivity contribution in [2.45, 2.75) is 44.6 Å². The summed E-state index contributed by atoms with van der Waals surface area (Å²) in [4.78, 5) is 11.7. The molecule has 1 fully saturated rings. The van der Waals surface area contributed by atoms with Gasteiger partial charge >= 0.3 is 5.97 Å². The minimum atomic E-state index is -0.758. The molecule has 1 saturated carbocycles. The largest absolute Gasteiger partial charge is 0.508 e. The number of carboxylic acids is 1. The lowest BCUT2D eigenvalue weighted by molar-refractivity contribution is -0.142. The number of hydrogen-bond acceptors (Lipinski definition) is 3. The van der Waals surface area contributed by atoms with E-state index in [1.807, 2.05) is 30.3 Å². The summed E-state index contributed by atoms with van der Waals surface area (Å²) in [6.45, 7) is 1.80. The van der Waals surface area contributed by atoms with Crippen LogP contribution in [0.4, 0.5) is 4.39 Å². The minimum absolute atomic E-state index is 0.00763. The SMILES string of the molecule is C[C@H](C(=O)O)[C@H](c1ccc2c(c1)OC(c1ccc(-c3cc(O)ccc3F)cc1)CC2)C1CC1. The van der Waals surface area contributed by atoms with Crippen LogP contribution in [-0.2, 0) is 11.2 Å². The van der Waals surface area contributed by atoms with E-state index in [2.05, 4.69) is 12.1 Å². The molecule has 170 valence electrons. The van der Waals surface area contributed by atoms with Gasteiger partial charge in [0.05, 0.1) is 5.92 Å². The van der Waals surface area contributed by atoms with Gasteiger partial charge in [-0.3, -0.25) is 4.79 Å². The van der Waals surface area contributed by atoms with Crippen molar-refractivity contribution in [2.24, 2.45) is 11.8 Å².